The molecule has 8 heteroatoms. The number of carbonyl (C=O) groups is 1. The summed E-state index contributed by atoms with van der Waals surface area (Å²) in [5.74, 6) is -0.0616. The lowest BCUT2D eigenvalue weighted by atomic mass is 9.96. The van der Waals surface area contributed by atoms with E-state index in [1.165, 1.54) is 11.6 Å². The number of sulfonamides is 1. The van der Waals surface area contributed by atoms with Crippen molar-refractivity contribution in [1.82, 2.24) is 14.8 Å². The maximum Gasteiger partial charge on any atom is 0.264 e. The van der Waals surface area contributed by atoms with Crippen LogP contribution in [-0.2, 0) is 10.0 Å². The number of hydrogen-bond donors (Lipinski definition) is 1. The van der Waals surface area contributed by atoms with E-state index in [1.807, 2.05) is 49.1 Å². The molecule has 204 valence electrons. The molecule has 0 saturated carbocycles. The highest BCUT2D eigenvalue weighted by Crippen LogP contribution is 2.26. The van der Waals surface area contributed by atoms with Crippen molar-refractivity contribution >= 4 is 32.5 Å². The molecule has 0 unspecified atom stereocenters. The van der Waals surface area contributed by atoms with Crippen LogP contribution in [-0.4, -0.2) is 60.8 Å². The van der Waals surface area contributed by atoms with Crippen molar-refractivity contribution in [3.05, 3.63) is 102 Å². The lowest BCUT2D eigenvalue weighted by Crippen LogP contribution is -2.60. The van der Waals surface area contributed by atoms with Crippen molar-refractivity contribution in [2.45, 2.75) is 38.1 Å². The van der Waals surface area contributed by atoms with E-state index in [-0.39, 0.29) is 16.3 Å². The number of amides is 1. The molecule has 39 heavy (non-hydrogen) atoms. The molecule has 1 amide bonds. The minimum Gasteiger partial charge on any atom is -0.336 e. The SMILES string of the molecule is C\C=C/C=C(\C=C/C)CN1CCN(C(=O)c2ccc(NS(=O)(=O)c3cccc4cccnc34)cc2)CC1(C)C. The maximum absolute atomic E-state index is 13.4. The average molecular weight is 545 g/mol. The molecular formula is C31H36N4O3S. The third-order valence-corrected chi connectivity index (χ3v) is 8.30. The van der Waals surface area contributed by atoms with Gasteiger partial charge < -0.3 is 4.90 Å². The van der Waals surface area contributed by atoms with Crippen molar-refractivity contribution in [3.63, 3.8) is 0 Å². The molecule has 0 radical (unpaired) electrons. The first-order valence-electron chi connectivity index (χ1n) is 13.1. The van der Waals surface area contributed by atoms with Crippen LogP contribution in [0, 0.1) is 0 Å². The van der Waals surface area contributed by atoms with Gasteiger partial charge in [-0.05, 0) is 69.7 Å². The van der Waals surface area contributed by atoms with Crippen LogP contribution in [0.2, 0.25) is 0 Å². The Morgan fingerprint density at radius 2 is 1.77 bits per heavy atom. The summed E-state index contributed by atoms with van der Waals surface area (Å²) >= 11 is 0. The lowest BCUT2D eigenvalue weighted by molar-refractivity contribution is 0.0233. The highest BCUT2D eigenvalue weighted by Gasteiger charge is 2.35. The molecule has 3 aromatic rings. The standard InChI is InChI=1S/C31H36N4O3S/c1-5-7-11-24(10-6-2)22-35-21-20-34(23-31(35,3)4)30(36)26-15-17-27(18-16-26)33-39(37,38)28-14-8-12-25-13-9-19-32-29(25)28/h5-19,33H,20-23H2,1-4H3/b7-5-,10-6-,24-11+. The van der Waals surface area contributed by atoms with Crippen LogP contribution in [0.15, 0.2) is 102 Å². The Hall–Kier alpha value is -3.75. The Labute approximate surface area is 231 Å². The molecule has 7 nitrogen and oxygen atoms in total. The Bertz CT molecular complexity index is 1520. The molecule has 4 rings (SSSR count). The predicted octanol–water partition coefficient (Wildman–Crippen LogP) is 5.65. The number of nitrogens with zero attached hydrogens (tertiary/aromatic N) is 3. The number of pyridine rings is 1. The first kappa shape index (κ1) is 28.3. The van der Waals surface area contributed by atoms with Crippen molar-refractivity contribution < 1.29 is 13.2 Å². The molecule has 2 aromatic carbocycles. The van der Waals surface area contributed by atoms with Crippen LogP contribution in [0.1, 0.15) is 38.1 Å². The third kappa shape index (κ3) is 6.64. The Morgan fingerprint density at radius 1 is 1.03 bits per heavy atom. The first-order chi connectivity index (χ1) is 18.6. The number of para-hydroxylation sites is 1. The highest BCUT2D eigenvalue weighted by atomic mass is 32.2. The first-order valence-corrected chi connectivity index (χ1v) is 14.6. The molecule has 1 saturated heterocycles. The summed E-state index contributed by atoms with van der Waals surface area (Å²) in [7, 11) is -3.86. The lowest BCUT2D eigenvalue weighted by Gasteiger charge is -2.47. The number of rotatable bonds is 8. The fourth-order valence-electron chi connectivity index (χ4n) is 4.84. The molecule has 1 fully saturated rings. The van der Waals surface area contributed by atoms with Gasteiger partial charge in [-0.2, -0.15) is 0 Å². The van der Waals surface area contributed by atoms with Crippen LogP contribution < -0.4 is 4.72 Å². The van der Waals surface area contributed by atoms with E-state index in [0.29, 0.717) is 29.9 Å². The number of nitrogens with one attached hydrogen (secondary N) is 1. The zero-order valence-electron chi connectivity index (χ0n) is 23.0. The second-order valence-electron chi connectivity index (χ2n) is 10.2. The normalized spacial score (nSPS) is 16.8. The van der Waals surface area contributed by atoms with E-state index in [9.17, 15) is 13.2 Å². The number of anilines is 1. The molecule has 0 aliphatic carbocycles. The summed E-state index contributed by atoms with van der Waals surface area (Å²) in [5.41, 5.74) is 2.34. The quantitative estimate of drug-likeness (QED) is 0.371. The Kier molecular flexibility index (Phi) is 8.67. The molecule has 1 aliphatic rings. The van der Waals surface area contributed by atoms with Crippen LogP contribution >= 0.6 is 0 Å². The molecule has 1 N–H and O–H groups in total. The van der Waals surface area contributed by atoms with Gasteiger partial charge in [0.2, 0.25) is 0 Å². The minimum absolute atomic E-state index is 0.0616. The van der Waals surface area contributed by atoms with Crippen molar-refractivity contribution in [1.29, 1.82) is 0 Å². The smallest absolute Gasteiger partial charge is 0.264 e. The van der Waals surface area contributed by atoms with Crippen molar-refractivity contribution in [3.8, 4) is 0 Å². The molecular weight excluding hydrogens is 508 g/mol. The fraction of sp³-hybridized carbons (Fsp3) is 0.290. The maximum atomic E-state index is 13.4. The van der Waals surface area contributed by atoms with E-state index in [4.69, 9.17) is 0 Å². The predicted molar refractivity (Wildman–Crippen MR) is 158 cm³/mol. The molecule has 2 heterocycles. The molecule has 0 atom stereocenters. The summed E-state index contributed by atoms with van der Waals surface area (Å²) in [6.07, 6.45) is 11.9. The molecule has 1 aliphatic heterocycles. The zero-order valence-corrected chi connectivity index (χ0v) is 23.8. The minimum atomic E-state index is -3.86. The van der Waals surface area contributed by atoms with E-state index >= 15 is 0 Å². The summed E-state index contributed by atoms with van der Waals surface area (Å²) in [6.45, 7) is 11.1. The number of allylic oxidation sites excluding steroid dienone is 4. The Morgan fingerprint density at radius 3 is 2.46 bits per heavy atom. The monoisotopic (exact) mass is 544 g/mol. The van der Waals surface area contributed by atoms with Gasteiger partial charge in [0, 0.05) is 54.6 Å². The van der Waals surface area contributed by atoms with Crippen molar-refractivity contribution in [2.24, 2.45) is 0 Å². The van der Waals surface area contributed by atoms with Crippen LogP contribution in [0.4, 0.5) is 5.69 Å². The van der Waals surface area contributed by atoms with Gasteiger partial charge in [0.05, 0.1) is 5.52 Å². The number of fused-ring (bicyclic) bond motifs is 1. The number of benzene rings is 2. The number of carbonyl (C=O) groups excluding carboxylic acids is 1. The average Bonchev–Trinajstić information content (AvgIpc) is 2.92. The second-order valence-corrected chi connectivity index (χ2v) is 11.9. The molecule has 0 bridgehead atoms. The van der Waals surface area contributed by atoms with Gasteiger partial charge in [-0.3, -0.25) is 19.4 Å². The number of hydrogen-bond acceptors (Lipinski definition) is 5. The summed E-state index contributed by atoms with van der Waals surface area (Å²) in [6, 6.07) is 15.2. The summed E-state index contributed by atoms with van der Waals surface area (Å²) in [5, 5.41) is 0.746. The van der Waals surface area contributed by atoms with E-state index in [1.54, 1.807) is 42.6 Å². The van der Waals surface area contributed by atoms with Gasteiger partial charge in [-0.1, -0.05) is 48.6 Å². The van der Waals surface area contributed by atoms with E-state index in [2.05, 4.69) is 40.6 Å². The van der Waals surface area contributed by atoms with Gasteiger partial charge in [0.25, 0.3) is 15.9 Å². The van der Waals surface area contributed by atoms with Gasteiger partial charge >= 0.3 is 0 Å². The molecule has 1 aromatic heterocycles. The van der Waals surface area contributed by atoms with Gasteiger partial charge in [-0.25, -0.2) is 8.42 Å². The van der Waals surface area contributed by atoms with Crippen LogP contribution in [0.25, 0.3) is 10.9 Å². The van der Waals surface area contributed by atoms with E-state index < -0.39 is 10.0 Å². The van der Waals surface area contributed by atoms with Gasteiger partial charge in [0.15, 0.2) is 0 Å². The largest absolute Gasteiger partial charge is 0.336 e. The fourth-order valence-corrected chi connectivity index (χ4v) is 6.08. The summed E-state index contributed by atoms with van der Waals surface area (Å²) in [4.78, 5) is 22.0. The second kappa shape index (κ2) is 12.0. The zero-order chi connectivity index (χ0) is 28.0. The topological polar surface area (TPSA) is 82.6 Å². The summed E-state index contributed by atoms with van der Waals surface area (Å²) < 4.78 is 28.9. The van der Waals surface area contributed by atoms with E-state index in [0.717, 1.165) is 18.5 Å². The number of aromatic nitrogens is 1. The van der Waals surface area contributed by atoms with Crippen molar-refractivity contribution in [2.75, 3.05) is 30.9 Å². The number of piperazine rings is 1. The third-order valence-electron chi connectivity index (χ3n) is 6.89. The van der Waals surface area contributed by atoms with Gasteiger partial charge in [-0.15, -0.1) is 0 Å². The highest BCUT2D eigenvalue weighted by molar-refractivity contribution is 7.93. The van der Waals surface area contributed by atoms with Crippen LogP contribution in [0.5, 0.6) is 0 Å². The molecule has 0 spiro atoms. The van der Waals surface area contributed by atoms with Crippen LogP contribution in [0.3, 0.4) is 0 Å². The Balaban J connectivity index is 1.44. The van der Waals surface area contributed by atoms with Gasteiger partial charge in [0.1, 0.15) is 4.90 Å².